The van der Waals surface area contributed by atoms with Crippen LogP contribution < -0.4 is 4.90 Å². The molecule has 0 atom stereocenters. The maximum Gasteiger partial charge on any atom is 0.130 e. The molecule has 0 saturated carbocycles. The minimum absolute atomic E-state index is 0.269. The van der Waals surface area contributed by atoms with Gasteiger partial charge in [0.25, 0.3) is 0 Å². The van der Waals surface area contributed by atoms with E-state index in [9.17, 15) is 4.39 Å². The lowest BCUT2D eigenvalue weighted by Crippen LogP contribution is -2.20. The van der Waals surface area contributed by atoms with Crippen LogP contribution in [0, 0.1) is 5.82 Å². The third kappa shape index (κ3) is 4.16. The Morgan fingerprint density at radius 3 is 2.68 bits per heavy atom. The van der Waals surface area contributed by atoms with E-state index in [-0.39, 0.29) is 5.82 Å². The van der Waals surface area contributed by atoms with Crippen LogP contribution in [0.25, 0.3) is 22.0 Å². The van der Waals surface area contributed by atoms with Gasteiger partial charge in [-0.15, -0.1) is 0 Å². The van der Waals surface area contributed by atoms with Gasteiger partial charge in [-0.1, -0.05) is 24.3 Å². The molecule has 3 heterocycles. The predicted octanol–water partition coefficient (Wildman–Crippen LogP) is 5.87. The average molecular weight is 409 g/mol. The number of aromatic nitrogens is 2. The van der Waals surface area contributed by atoms with Crippen molar-refractivity contribution < 1.29 is 9.13 Å². The number of hydrogen-bond donors (Lipinski definition) is 0. The summed E-state index contributed by atoms with van der Waals surface area (Å²) in [7, 11) is 0. The van der Waals surface area contributed by atoms with Crippen molar-refractivity contribution in [2.45, 2.75) is 6.61 Å². The third-order valence-electron chi connectivity index (χ3n) is 5.21. The van der Waals surface area contributed by atoms with Crippen LogP contribution in [0.4, 0.5) is 10.1 Å². The van der Waals surface area contributed by atoms with Gasteiger partial charge in [0.15, 0.2) is 0 Å². The SMILES string of the molecule is Fc1ccc(-c2ccncc2)c(N2C=CC(OCc3ccc4ccccc4n3)=CC2)c1. The van der Waals surface area contributed by atoms with Crippen molar-refractivity contribution in [3.63, 3.8) is 0 Å². The molecule has 1 aliphatic heterocycles. The number of fused-ring (bicyclic) bond motifs is 1. The first-order valence-corrected chi connectivity index (χ1v) is 10.1. The van der Waals surface area contributed by atoms with E-state index in [0.29, 0.717) is 13.2 Å². The second-order valence-electron chi connectivity index (χ2n) is 7.26. The lowest BCUT2D eigenvalue weighted by atomic mass is 10.0. The highest BCUT2D eigenvalue weighted by atomic mass is 19.1. The van der Waals surface area contributed by atoms with Gasteiger partial charge in [-0.3, -0.25) is 4.98 Å². The van der Waals surface area contributed by atoms with Crippen molar-refractivity contribution in [2.24, 2.45) is 0 Å². The summed E-state index contributed by atoms with van der Waals surface area (Å²) in [5.41, 5.74) is 4.57. The number of halogens is 1. The number of hydrogen-bond acceptors (Lipinski definition) is 4. The zero-order valence-corrected chi connectivity index (χ0v) is 16.8. The molecule has 5 heteroatoms. The highest BCUT2D eigenvalue weighted by Gasteiger charge is 2.14. The molecule has 0 unspecified atom stereocenters. The first-order valence-electron chi connectivity index (χ1n) is 10.1. The number of nitrogens with zero attached hydrogens (tertiary/aromatic N) is 3. The zero-order valence-electron chi connectivity index (χ0n) is 16.8. The van der Waals surface area contributed by atoms with E-state index in [1.165, 1.54) is 6.07 Å². The van der Waals surface area contributed by atoms with Gasteiger partial charge in [0.1, 0.15) is 18.2 Å². The van der Waals surface area contributed by atoms with Gasteiger partial charge >= 0.3 is 0 Å². The van der Waals surface area contributed by atoms with Crippen LogP contribution in [-0.4, -0.2) is 16.5 Å². The first kappa shape index (κ1) is 19.0. The van der Waals surface area contributed by atoms with E-state index >= 15 is 0 Å². The van der Waals surface area contributed by atoms with Crippen molar-refractivity contribution in [1.29, 1.82) is 0 Å². The van der Waals surface area contributed by atoms with Gasteiger partial charge < -0.3 is 9.64 Å². The monoisotopic (exact) mass is 409 g/mol. The van der Waals surface area contributed by atoms with Crippen molar-refractivity contribution in [3.8, 4) is 11.1 Å². The zero-order chi connectivity index (χ0) is 21.0. The summed E-state index contributed by atoms with van der Waals surface area (Å²) in [5.74, 6) is 0.502. The largest absolute Gasteiger partial charge is 0.488 e. The normalized spacial score (nSPS) is 13.3. The number of rotatable bonds is 5. The summed E-state index contributed by atoms with van der Waals surface area (Å²) in [6, 6.07) is 20.7. The number of anilines is 1. The summed E-state index contributed by atoms with van der Waals surface area (Å²) >= 11 is 0. The van der Waals surface area contributed by atoms with Gasteiger partial charge in [0.2, 0.25) is 0 Å². The minimum atomic E-state index is -0.269. The maximum absolute atomic E-state index is 14.0. The van der Waals surface area contributed by atoms with Gasteiger partial charge in [-0.2, -0.15) is 0 Å². The standard InChI is InChI=1S/C26H20FN3O/c27-21-6-8-24(19-9-13-28-14-10-19)26(17-21)30-15-11-23(12-16-30)31-18-22-7-5-20-3-1-2-4-25(20)29-22/h1-15,17H,16,18H2. The Bertz CT molecular complexity index is 1280. The molecule has 0 N–H and O–H groups in total. The lowest BCUT2D eigenvalue weighted by molar-refractivity contribution is 0.206. The Labute approximate surface area is 180 Å². The molecule has 0 saturated heterocycles. The van der Waals surface area contributed by atoms with E-state index in [2.05, 4.69) is 16.0 Å². The molecular weight excluding hydrogens is 389 g/mol. The van der Waals surface area contributed by atoms with E-state index in [0.717, 1.165) is 39.2 Å². The quantitative estimate of drug-likeness (QED) is 0.413. The van der Waals surface area contributed by atoms with E-state index in [1.807, 2.05) is 65.7 Å². The van der Waals surface area contributed by atoms with E-state index in [4.69, 9.17) is 4.74 Å². The lowest BCUT2D eigenvalue weighted by Gasteiger charge is -2.25. The average Bonchev–Trinajstić information content (AvgIpc) is 2.83. The fourth-order valence-electron chi connectivity index (χ4n) is 3.63. The molecule has 0 spiro atoms. The second-order valence-corrected chi connectivity index (χ2v) is 7.26. The molecule has 4 aromatic rings. The molecular formula is C26H20FN3O. The molecule has 0 aliphatic carbocycles. The number of para-hydroxylation sites is 1. The van der Waals surface area contributed by atoms with Crippen LogP contribution in [0.1, 0.15) is 5.69 Å². The molecule has 0 amide bonds. The molecule has 5 rings (SSSR count). The van der Waals surface area contributed by atoms with Gasteiger partial charge in [-0.05, 0) is 60.2 Å². The van der Waals surface area contributed by atoms with Crippen LogP contribution in [0.3, 0.4) is 0 Å². The Hall–Kier alpha value is -3.99. The van der Waals surface area contributed by atoms with E-state index in [1.54, 1.807) is 24.5 Å². The van der Waals surface area contributed by atoms with Crippen LogP contribution in [0.2, 0.25) is 0 Å². The number of benzene rings is 2. The molecule has 4 nitrogen and oxygen atoms in total. The molecule has 2 aromatic carbocycles. The van der Waals surface area contributed by atoms with Gasteiger partial charge in [0.05, 0.1) is 16.9 Å². The summed E-state index contributed by atoms with van der Waals surface area (Å²) in [6.07, 6.45) is 9.28. The first-order chi connectivity index (χ1) is 15.3. The maximum atomic E-state index is 14.0. The molecule has 31 heavy (non-hydrogen) atoms. The Morgan fingerprint density at radius 2 is 1.84 bits per heavy atom. The Balaban J connectivity index is 1.30. The van der Waals surface area contributed by atoms with E-state index < -0.39 is 0 Å². The summed E-state index contributed by atoms with van der Waals surface area (Å²) < 4.78 is 19.9. The molecule has 0 bridgehead atoms. The van der Waals surface area contributed by atoms with Crippen LogP contribution >= 0.6 is 0 Å². The van der Waals surface area contributed by atoms with Crippen molar-refractivity contribution >= 4 is 16.6 Å². The number of ether oxygens (including phenoxy) is 1. The van der Waals surface area contributed by atoms with Crippen LogP contribution in [-0.2, 0) is 11.3 Å². The molecule has 2 aromatic heterocycles. The third-order valence-corrected chi connectivity index (χ3v) is 5.21. The van der Waals surface area contributed by atoms with Crippen molar-refractivity contribution in [3.05, 3.63) is 115 Å². The Morgan fingerprint density at radius 1 is 0.968 bits per heavy atom. The molecule has 0 radical (unpaired) electrons. The predicted molar refractivity (Wildman–Crippen MR) is 121 cm³/mol. The fraction of sp³-hybridized carbons (Fsp3) is 0.0769. The smallest absolute Gasteiger partial charge is 0.130 e. The highest BCUT2D eigenvalue weighted by molar-refractivity contribution is 5.80. The fourth-order valence-corrected chi connectivity index (χ4v) is 3.63. The minimum Gasteiger partial charge on any atom is -0.488 e. The topological polar surface area (TPSA) is 38.2 Å². The van der Waals surface area contributed by atoms with Crippen LogP contribution in [0.5, 0.6) is 0 Å². The van der Waals surface area contributed by atoms with Crippen molar-refractivity contribution in [2.75, 3.05) is 11.4 Å². The number of allylic oxidation sites excluding steroid dienone is 1. The van der Waals surface area contributed by atoms with Crippen LogP contribution in [0.15, 0.2) is 103 Å². The molecule has 152 valence electrons. The summed E-state index contributed by atoms with van der Waals surface area (Å²) in [5, 5.41) is 1.11. The number of pyridine rings is 2. The second kappa shape index (κ2) is 8.40. The Kier molecular flexibility index (Phi) is 5.15. The van der Waals surface area contributed by atoms with Gasteiger partial charge in [-0.25, -0.2) is 9.37 Å². The van der Waals surface area contributed by atoms with Gasteiger partial charge in [0, 0.05) is 36.1 Å². The molecule has 1 aliphatic rings. The van der Waals surface area contributed by atoms with Crippen molar-refractivity contribution in [1.82, 2.24) is 9.97 Å². The molecule has 0 fully saturated rings. The summed E-state index contributed by atoms with van der Waals surface area (Å²) in [6.45, 7) is 0.974. The summed E-state index contributed by atoms with van der Waals surface area (Å²) in [4.78, 5) is 10.7. The highest BCUT2D eigenvalue weighted by Crippen LogP contribution is 2.32.